The molecule has 0 bridgehead atoms. The number of carbonyl (C=O) groups is 1. The molecule has 0 spiro atoms. The fraction of sp³-hybridized carbons (Fsp3) is 0.909. The molecule has 14 heavy (non-hydrogen) atoms. The number of carbonyl (C=O) groups excluding carboxylic acids is 1. The zero-order valence-corrected chi connectivity index (χ0v) is 10.2. The highest BCUT2D eigenvalue weighted by molar-refractivity contribution is 5.82. The molecule has 0 aromatic rings. The van der Waals surface area contributed by atoms with Crippen molar-refractivity contribution < 1.29 is 9.90 Å². The number of nitrogens with zero attached hydrogens (tertiary/aromatic N) is 1. The molecule has 0 aromatic carbocycles. The van der Waals surface area contributed by atoms with E-state index in [1.54, 1.807) is 18.9 Å². The van der Waals surface area contributed by atoms with Gasteiger partial charge < -0.3 is 10.0 Å². The summed E-state index contributed by atoms with van der Waals surface area (Å²) in [5.41, 5.74) is -0.654. The molecule has 2 unspecified atom stereocenters. The third-order valence-corrected chi connectivity index (χ3v) is 3.24. The van der Waals surface area contributed by atoms with E-state index in [0.717, 1.165) is 0 Å². The lowest BCUT2D eigenvalue weighted by atomic mass is 9.80. The van der Waals surface area contributed by atoms with Gasteiger partial charge in [0.15, 0.2) is 0 Å². The van der Waals surface area contributed by atoms with Crippen LogP contribution in [0.3, 0.4) is 0 Å². The van der Waals surface area contributed by atoms with Gasteiger partial charge in [-0.25, -0.2) is 0 Å². The highest BCUT2D eigenvalue weighted by Crippen LogP contribution is 2.28. The van der Waals surface area contributed by atoms with E-state index < -0.39 is 11.5 Å². The smallest absolute Gasteiger partial charge is 0.231 e. The summed E-state index contributed by atoms with van der Waals surface area (Å²) in [5, 5.41) is 9.62. The van der Waals surface area contributed by atoms with Gasteiger partial charge in [-0.05, 0) is 34.1 Å². The molecule has 0 aromatic heterocycles. The van der Waals surface area contributed by atoms with E-state index in [-0.39, 0.29) is 11.9 Å². The highest BCUT2D eigenvalue weighted by Gasteiger charge is 2.38. The lowest BCUT2D eigenvalue weighted by molar-refractivity contribution is -0.147. The van der Waals surface area contributed by atoms with Crippen LogP contribution < -0.4 is 0 Å². The summed E-state index contributed by atoms with van der Waals surface area (Å²) >= 11 is 0. The molecule has 1 amide bonds. The van der Waals surface area contributed by atoms with Crippen LogP contribution >= 0.6 is 0 Å². The van der Waals surface area contributed by atoms with Gasteiger partial charge in [0.25, 0.3) is 0 Å². The molecule has 3 nitrogen and oxygen atoms in total. The van der Waals surface area contributed by atoms with E-state index in [1.807, 2.05) is 27.7 Å². The van der Waals surface area contributed by atoms with Gasteiger partial charge in [-0.1, -0.05) is 6.92 Å². The Morgan fingerprint density at radius 1 is 1.43 bits per heavy atom. The van der Waals surface area contributed by atoms with Crippen LogP contribution in [0, 0.1) is 5.41 Å². The van der Waals surface area contributed by atoms with Gasteiger partial charge in [-0.3, -0.25) is 4.79 Å². The molecule has 1 N–H and O–H groups in total. The predicted octanol–water partition coefficient (Wildman–Crippen LogP) is 1.65. The lowest BCUT2D eigenvalue weighted by Gasteiger charge is -2.35. The molecule has 0 saturated heterocycles. The number of hydrogen-bond acceptors (Lipinski definition) is 2. The molecule has 84 valence electrons. The lowest BCUT2D eigenvalue weighted by Crippen LogP contribution is -2.48. The summed E-state index contributed by atoms with van der Waals surface area (Å²) in [6.45, 7) is 9.36. The van der Waals surface area contributed by atoms with Crippen LogP contribution in [0.2, 0.25) is 0 Å². The monoisotopic (exact) mass is 201 g/mol. The van der Waals surface area contributed by atoms with E-state index in [4.69, 9.17) is 0 Å². The molecule has 3 heteroatoms. The summed E-state index contributed by atoms with van der Waals surface area (Å²) in [6, 6.07) is 0.173. The molecule has 2 atom stereocenters. The molecule has 0 saturated carbocycles. The van der Waals surface area contributed by atoms with Crippen LogP contribution in [0.5, 0.6) is 0 Å². The van der Waals surface area contributed by atoms with E-state index in [2.05, 4.69) is 0 Å². The first-order valence-electron chi connectivity index (χ1n) is 5.22. The molecular weight excluding hydrogens is 178 g/mol. The van der Waals surface area contributed by atoms with Crippen molar-refractivity contribution in [2.75, 3.05) is 7.05 Å². The van der Waals surface area contributed by atoms with Crippen LogP contribution in [0.4, 0.5) is 0 Å². The topological polar surface area (TPSA) is 40.5 Å². The SMILES string of the molecule is CCC(C)(C(=O)N(C)C(C)C)C(C)O. The Hall–Kier alpha value is -0.570. The fourth-order valence-corrected chi connectivity index (χ4v) is 1.26. The fourth-order valence-electron chi connectivity index (χ4n) is 1.26. The Labute approximate surface area is 87.1 Å². The molecule has 0 aliphatic carbocycles. The van der Waals surface area contributed by atoms with Gasteiger partial charge in [0.2, 0.25) is 5.91 Å². The molecule has 0 heterocycles. The third kappa shape index (κ3) is 2.47. The Morgan fingerprint density at radius 2 is 1.86 bits per heavy atom. The average Bonchev–Trinajstić information content (AvgIpc) is 2.13. The third-order valence-electron chi connectivity index (χ3n) is 3.24. The standard InChI is InChI=1S/C11H23NO2/c1-7-11(5,9(4)13)10(14)12(6)8(2)3/h8-9,13H,7H2,1-6H3. The largest absolute Gasteiger partial charge is 0.392 e. The molecular formula is C11H23NO2. The first-order valence-corrected chi connectivity index (χ1v) is 5.22. The Kier molecular flexibility index (Phi) is 4.59. The maximum atomic E-state index is 12.0. The van der Waals surface area contributed by atoms with Gasteiger partial charge in [0, 0.05) is 13.1 Å². The van der Waals surface area contributed by atoms with Crippen molar-refractivity contribution in [1.82, 2.24) is 4.90 Å². The normalized spacial score (nSPS) is 17.7. The highest BCUT2D eigenvalue weighted by atomic mass is 16.3. The number of rotatable bonds is 4. The van der Waals surface area contributed by atoms with Gasteiger partial charge >= 0.3 is 0 Å². The number of hydrogen-bond donors (Lipinski definition) is 1. The zero-order chi connectivity index (χ0) is 11.5. The van der Waals surface area contributed by atoms with Crippen LogP contribution in [-0.4, -0.2) is 35.1 Å². The molecule has 0 radical (unpaired) electrons. The van der Waals surface area contributed by atoms with Gasteiger partial charge in [0.1, 0.15) is 0 Å². The number of aliphatic hydroxyl groups excluding tert-OH is 1. The maximum Gasteiger partial charge on any atom is 0.231 e. The first-order chi connectivity index (χ1) is 6.27. The number of aliphatic hydroxyl groups is 1. The van der Waals surface area contributed by atoms with Crippen LogP contribution in [0.1, 0.15) is 41.0 Å². The van der Waals surface area contributed by atoms with E-state index >= 15 is 0 Å². The molecule has 0 rings (SSSR count). The quantitative estimate of drug-likeness (QED) is 0.751. The Balaban J connectivity index is 4.79. The zero-order valence-electron chi connectivity index (χ0n) is 10.2. The minimum atomic E-state index is -0.654. The van der Waals surface area contributed by atoms with E-state index in [0.29, 0.717) is 6.42 Å². The average molecular weight is 201 g/mol. The van der Waals surface area contributed by atoms with Crippen molar-refractivity contribution in [3.63, 3.8) is 0 Å². The number of amides is 1. The van der Waals surface area contributed by atoms with Crippen molar-refractivity contribution in [1.29, 1.82) is 0 Å². The van der Waals surface area contributed by atoms with Crippen molar-refractivity contribution >= 4 is 5.91 Å². The first kappa shape index (κ1) is 13.4. The Bertz CT molecular complexity index is 201. The summed E-state index contributed by atoms with van der Waals surface area (Å²) in [7, 11) is 1.78. The van der Waals surface area contributed by atoms with Crippen molar-refractivity contribution in [2.45, 2.75) is 53.2 Å². The summed E-state index contributed by atoms with van der Waals surface area (Å²) < 4.78 is 0. The van der Waals surface area contributed by atoms with Crippen molar-refractivity contribution in [3.05, 3.63) is 0 Å². The van der Waals surface area contributed by atoms with Gasteiger partial charge in [0.05, 0.1) is 11.5 Å². The minimum Gasteiger partial charge on any atom is -0.392 e. The van der Waals surface area contributed by atoms with Crippen LogP contribution in [0.15, 0.2) is 0 Å². The van der Waals surface area contributed by atoms with Gasteiger partial charge in [-0.15, -0.1) is 0 Å². The minimum absolute atomic E-state index is 0.0185. The van der Waals surface area contributed by atoms with Crippen LogP contribution in [0.25, 0.3) is 0 Å². The summed E-state index contributed by atoms with van der Waals surface area (Å²) in [4.78, 5) is 13.7. The van der Waals surface area contributed by atoms with E-state index in [1.165, 1.54) is 0 Å². The second-order valence-corrected chi connectivity index (χ2v) is 4.46. The summed E-state index contributed by atoms with van der Waals surface area (Å²) in [6.07, 6.45) is 0.0433. The maximum absolute atomic E-state index is 12.0. The van der Waals surface area contributed by atoms with Crippen LogP contribution in [-0.2, 0) is 4.79 Å². The molecule has 0 aliphatic heterocycles. The summed E-state index contributed by atoms with van der Waals surface area (Å²) in [5.74, 6) is 0.0185. The molecule has 0 fully saturated rings. The van der Waals surface area contributed by atoms with Gasteiger partial charge in [-0.2, -0.15) is 0 Å². The van der Waals surface area contributed by atoms with Crippen molar-refractivity contribution in [2.24, 2.45) is 5.41 Å². The van der Waals surface area contributed by atoms with Crippen molar-refractivity contribution in [3.8, 4) is 0 Å². The Morgan fingerprint density at radius 3 is 2.07 bits per heavy atom. The second-order valence-electron chi connectivity index (χ2n) is 4.46. The molecule has 0 aliphatic rings. The second kappa shape index (κ2) is 4.78. The predicted molar refractivity (Wildman–Crippen MR) is 58.0 cm³/mol. The van der Waals surface area contributed by atoms with E-state index in [9.17, 15) is 9.90 Å².